The lowest BCUT2D eigenvalue weighted by Crippen LogP contribution is -2.49. The molecule has 0 atom stereocenters. The number of hydrogen-bond acceptors (Lipinski definition) is 7. The van der Waals surface area contributed by atoms with Gasteiger partial charge in [0.05, 0.1) is 18.0 Å². The molecule has 2 aromatic rings. The Kier molecular flexibility index (Phi) is 6.45. The molecule has 0 N–H and O–H groups in total. The lowest BCUT2D eigenvalue weighted by Gasteiger charge is -2.33. The van der Waals surface area contributed by atoms with Gasteiger partial charge < -0.3 is 14.2 Å². The molecule has 1 saturated heterocycles. The van der Waals surface area contributed by atoms with E-state index < -0.39 is 10.0 Å². The van der Waals surface area contributed by atoms with E-state index in [1.165, 1.54) is 4.31 Å². The fraction of sp³-hybridized carbons (Fsp3) is 0.409. The fourth-order valence-electron chi connectivity index (χ4n) is 3.66. The van der Waals surface area contributed by atoms with Gasteiger partial charge in [0.15, 0.2) is 17.3 Å². The summed E-state index contributed by atoms with van der Waals surface area (Å²) >= 11 is 0. The molecule has 2 aliphatic rings. The molecule has 0 bridgehead atoms. The molecule has 0 aliphatic carbocycles. The zero-order chi connectivity index (χ0) is 21.8. The van der Waals surface area contributed by atoms with Crippen LogP contribution in [0.2, 0.25) is 0 Å². The van der Waals surface area contributed by atoms with Crippen molar-refractivity contribution in [3.63, 3.8) is 0 Å². The highest BCUT2D eigenvalue weighted by atomic mass is 32.2. The SMILES string of the molecule is CCOc1ccc(S(=O)(=O)N2CCN(CC(=O)c3ccc4c(c3)OCCO4)CC2)cc1. The van der Waals surface area contributed by atoms with Crippen LogP contribution in [0.5, 0.6) is 17.2 Å². The molecule has 0 radical (unpaired) electrons. The highest BCUT2D eigenvalue weighted by Gasteiger charge is 2.29. The molecule has 0 amide bonds. The number of fused-ring (bicyclic) bond motifs is 1. The topological polar surface area (TPSA) is 85.4 Å². The van der Waals surface area contributed by atoms with Crippen LogP contribution in [0.1, 0.15) is 17.3 Å². The Hall–Kier alpha value is -2.62. The summed E-state index contributed by atoms with van der Waals surface area (Å²) in [6.07, 6.45) is 0. The first-order valence-electron chi connectivity index (χ1n) is 10.4. The van der Waals surface area contributed by atoms with Gasteiger partial charge >= 0.3 is 0 Å². The van der Waals surface area contributed by atoms with Gasteiger partial charge in [0, 0.05) is 31.7 Å². The maximum Gasteiger partial charge on any atom is 0.243 e. The molecule has 4 rings (SSSR count). The Morgan fingerprint density at radius 2 is 1.65 bits per heavy atom. The number of ether oxygens (including phenoxy) is 3. The summed E-state index contributed by atoms with van der Waals surface area (Å²) in [5.74, 6) is 1.85. The first kappa shape index (κ1) is 21.6. The Bertz CT molecular complexity index is 1030. The standard InChI is InChI=1S/C22H26N2O6S/c1-2-28-18-4-6-19(7-5-18)31(26,27)24-11-9-23(10-12-24)16-20(25)17-3-8-21-22(15-17)30-14-13-29-21/h3-8,15H,2,9-14,16H2,1H3. The monoisotopic (exact) mass is 446 g/mol. The first-order valence-corrected chi connectivity index (χ1v) is 11.8. The van der Waals surface area contributed by atoms with Crippen LogP contribution in [0, 0.1) is 0 Å². The molecule has 8 nitrogen and oxygen atoms in total. The van der Waals surface area contributed by atoms with Gasteiger partial charge in [-0.05, 0) is 49.4 Å². The van der Waals surface area contributed by atoms with Crippen molar-refractivity contribution in [3.8, 4) is 17.2 Å². The van der Waals surface area contributed by atoms with Gasteiger partial charge in [-0.1, -0.05) is 0 Å². The van der Waals surface area contributed by atoms with E-state index in [-0.39, 0.29) is 17.2 Å². The van der Waals surface area contributed by atoms with E-state index >= 15 is 0 Å². The summed E-state index contributed by atoms with van der Waals surface area (Å²) in [6.45, 7) is 5.27. The van der Waals surface area contributed by atoms with Gasteiger partial charge in [0.2, 0.25) is 10.0 Å². The predicted molar refractivity (Wildman–Crippen MR) is 115 cm³/mol. The zero-order valence-corrected chi connectivity index (χ0v) is 18.3. The minimum absolute atomic E-state index is 0.0280. The van der Waals surface area contributed by atoms with E-state index in [9.17, 15) is 13.2 Å². The fourth-order valence-corrected chi connectivity index (χ4v) is 5.08. The molecule has 2 aromatic carbocycles. The van der Waals surface area contributed by atoms with E-state index in [4.69, 9.17) is 14.2 Å². The summed E-state index contributed by atoms with van der Waals surface area (Å²) in [7, 11) is -3.57. The summed E-state index contributed by atoms with van der Waals surface area (Å²) in [5, 5.41) is 0. The molecule has 0 spiro atoms. The molecular weight excluding hydrogens is 420 g/mol. The third-order valence-corrected chi connectivity index (χ3v) is 7.25. The van der Waals surface area contributed by atoms with Crippen LogP contribution in [0.3, 0.4) is 0 Å². The van der Waals surface area contributed by atoms with Crippen LogP contribution in [0.4, 0.5) is 0 Å². The van der Waals surface area contributed by atoms with E-state index in [2.05, 4.69) is 0 Å². The lowest BCUT2D eigenvalue weighted by atomic mass is 10.1. The van der Waals surface area contributed by atoms with Gasteiger partial charge in [0.1, 0.15) is 19.0 Å². The second kappa shape index (κ2) is 9.25. The van der Waals surface area contributed by atoms with Crippen LogP contribution < -0.4 is 14.2 Å². The lowest BCUT2D eigenvalue weighted by molar-refractivity contribution is 0.0900. The summed E-state index contributed by atoms with van der Waals surface area (Å²) in [6, 6.07) is 11.7. The largest absolute Gasteiger partial charge is 0.494 e. The van der Waals surface area contributed by atoms with Gasteiger partial charge in [-0.3, -0.25) is 9.69 Å². The average Bonchev–Trinajstić information content (AvgIpc) is 2.79. The van der Waals surface area contributed by atoms with Gasteiger partial charge in [-0.15, -0.1) is 0 Å². The van der Waals surface area contributed by atoms with E-state index in [1.807, 2.05) is 11.8 Å². The predicted octanol–water partition coefficient (Wildman–Crippen LogP) is 2.05. The molecule has 166 valence electrons. The molecule has 0 aromatic heterocycles. The summed E-state index contributed by atoms with van der Waals surface area (Å²) in [4.78, 5) is 14.9. The van der Waals surface area contributed by atoms with Crippen molar-refractivity contribution in [1.82, 2.24) is 9.21 Å². The van der Waals surface area contributed by atoms with Crippen molar-refractivity contribution in [2.24, 2.45) is 0 Å². The molecular formula is C22H26N2O6S. The molecule has 2 heterocycles. The van der Waals surface area contributed by atoms with Crippen molar-refractivity contribution in [2.75, 3.05) is 52.5 Å². The summed E-state index contributed by atoms with van der Waals surface area (Å²) in [5.41, 5.74) is 0.564. The number of benzene rings is 2. The van der Waals surface area contributed by atoms with Crippen LogP contribution in [-0.2, 0) is 10.0 Å². The third kappa shape index (κ3) is 4.84. The van der Waals surface area contributed by atoms with E-state index in [1.54, 1.807) is 42.5 Å². The number of ketones is 1. The maximum absolute atomic E-state index is 12.9. The quantitative estimate of drug-likeness (QED) is 0.602. The smallest absolute Gasteiger partial charge is 0.243 e. The van der Waals surface area contributed by atoms with Gasteiger partial charge in [0.25, 0.3) is 0 Å². The maximum atomic E-state index is 12.9. The van der Waals surface area contributed by atoms with Gasteiger partial charge in [-0.25, -0.2) is 8.42 Å². The Labute approximate surface area is 182 Å². The number of carbonyl (C=O) groups excluding carboxylic acids is 1. The van der Waals surface area contributed by atoms with Crippen LogP contribution >= 0.6 is 0 Å². The number of rotatable bonds is 7. The third-order valence-electron chi connectivity index (χ3n) is 5.34. The number of hydrogen-bond donors (Lipinski definition) is 0. The number of Topliss-reactive ketones (excluding diaryl/α,β-unsaturated/α-hetero) is 1. The number of nitrogens with zero attached hydrogens (tertiary/aromatic N) is 2. The highest BCUT2D eigenvalue weighted by Crippen LogP contribution is 2.31. The molecule has 1 fully saturated rings. The molecule has 31 heavy (non-hydrogen) atoms. The normalized spacial score (nSPS) is 17.3. The van der Waals surface area contributed by atoms with E-state index in [0.717, 1.165) is 0 Å². The van der Waals surface area contributed by atoms with Crippen molar-refractivity contribution >= 4 is 15.8 Å². The van der Waals surface area contributed by atoms with Crippen molar-refractivity contribution < 1.29 is 27.4 Å². The van der Waals surface area contributed by atoms with Crippen LogP contribution in [0.15, 0.2) is 47.4 Å². The second-order valence-electron chi connectivity index (χ2n) is 7.37. The van der Waals surface area contributed by atoms with Gasteiger partial charge in [-0.2, -0.15) is 4.31 Å². The number of piperazine rings is 1. The van der Waals surface area contributed by atoms with Crippen LogP contribution in [0.25, 0.3) is 0 Å². The number of carbonyl (C=O) groups is 1. The molecule has 9 heteroatoms. The average molecular weight is 447 g/mol. The molecule has 2 aliphatic heterocycles. The minimum atomic E-state index is -3.57. The Morgan fingerprint density at radius 3 is 2.32 bits per heavy atom. The van der Waals surface area contributed by atoms with Crippen LogP contribution in [-0.4, -0.2) is 76.0 Å². The van der Waals surface area contributed by atoms with E-state index in [0.29, 0.717) is 68.8 Å². The Morgan fingerprint density at radius 1 is 0.968 bits per heavy atom. The molecule has 0 unspecified atom stereocenters. The zero-order valence-electron chi connectivity index (χ0n) is 17.5. The van der Waals surface area contributed by atoms with Crippen molar-refractivity contribution in [2.45, 2.75) is 11.8 Å². The number of sulfonamides is 1. The van der Waals surface area contributed by atoms with Crippen molar-refractivity contribution in [3.05, 3.63) is 48.0 Å². The highest BCUT2D eigenvalue weighted by molar-refractivity contribution is 7.89. The first-order chi connectivity index (χ1) is 15.0. The van der Waals surface area contributed by atoms with Crippen molar-refractivity contribution in [1.29, 1.82) is 0 Å². The Balaban J connectivity index is 1.34. The minimum Gasteiger partial charge on any atom is -0.494 e. The summed E-state index contributed by atoms with van der Waals surface area (Å²) < 4.78 is 43.7. The second-order valence-corrected chi connectivity index (χ2v) is 9.30. The molecule has 0 saturated carbocycles.